The fourth-order valence-corrected chi connectivity index (χ4v) is 2.34. The van der Waals surface area contributed by atoms with E-state index in [0.717, 1.165) is 6.54 Å². The van der Waals surface area contributed by atoms with Gasteiger partial charge in [0.15, 0.2) is 0 Å². The fourth-order valence-electron chi connectivity index (χ4n) is 1.86. The van der Waals surface area contributed by atoms with Crippen LogP contribution in [0.1, 0.15) is 20.8 Å². The normalized spacial score (nSPS) is 25.6. The zero-order chi connectivity index (χ0) is 10.9. The number of hydrogen-bond donors (Lipinski definition) is 0. The molecule has 1 aliphatic rings. The summed E-state index contributed by atoms with van der Waals surface area (Å²) in [5.74, 6) is 0.227. The molecule has 1 heterocycles. The largest absolute Gasteiger partial charge is 0.343 e. The second-order valence-electron chi connectivity index (χ2n) is 4.40. The van der Waals surface area contributed by atoms with Crippen molar-refractivity contribution in [1.29, 1.82) is 0 Å². The summed E-state index contributed by atoms with van der Waals surface area (Å²) in [4.78, 5) is 15.7. The Kier molecular flexibility index (Phi) is 3.48. The lowest BCUT2D eigenvalue weighted by Crippen LogP contribution is -2.59. The molecule has 4 heteroatoms. The molecule has 0 spiro atoms. The summed E-state index contributed by atoms with van der Waals surface area (Å²) in [7, 11) is 1.88. The van der Waals surface area contributed by atoms with Gasteiger partial charge in [0, 0.05) is 19.6 Å². The van der Waals surface area contributed by atoms with Gasteiger partial charge >= 0.3 is 0 Å². The molecule has 1 unspecified atom stereocenters. The minimum Gasteiger partial charge on any atom is -0.343 e. The molecular formula is C10H20N2OS. The van der Waals surface area contributed by atoms with Crippen LogP contribution in [0.3, 0.4) is 0 Å². The van der Waals surface area contributed by atoms with Crippen molar-refractivity contribution in [3.63, 3.8) is 0 Å². The summed E-state index contributed by atoms with van der Waals surface area (Å²) in [5, 5.41) is 0. The van der Waals surface area contributed by atoms with Crippen LogP contribution < -0.4 is 0 Å². The Balaban J connectivity index is 2.75. The number of likely N-dealkylation sites (N-methyl/N-ethyl adjacent to an activating group) is 1. The van der Waals surface area contributed by atoms with Crippen LogP contribution in [-0.2, 0) is 4.79 Å². The van der Waals surface area contributed by atoms with Crippen LogP contribution in [0.5, 0.6) is 0 Å². The lowest BCUT2D eigenvalue weighted by Gasteiger charge is -2.46. The van der Waals surface area contributed by atoms with Crippen LogP contribution in [0, 0.1) is 0 Å². The summed E-state index contributed by atoms with van der Waals surface area (Å²) in [6.45, 7) is 7.91. The second kappa shape index (κ2) is 4.11. The van der Waals surface area contributed by atoms with E-state index in [1.165, 1.54) is 0 Å². The molecule has 0 aromatic rings. The van der Waals surface area contributed by atoms with Crippen LogP contribution in [0.4, 0.5) is 0 Å². The molecule has 1 amide bonds. The van der Waals surface area contributed by atoms with Crippen LogP contribution >= 0.6 is 11.8 Å². The molecule has 1 fully saturated rings. The van der Waals surface area contributed by atoms with E-state index >= 15 is 0 Å². The van der Waals surface area contributed by atoms with Crippen molar-refractivity contribution in [2.45, 2.75) is 31.7 Å². The predicted molar refractivity (Wildman–Crippen MR) is 61.4 cm³/mol. The van der Waals surface area contributed by atoms with Crippen LogP contribution in [0.2, 0.25) is 0 Å². The first kappa shape index (κ1) is 11.9. The SMILES string of the molecule is CSC(C)(C)N1CC(=O)N(C)CC1C. The van der Waals surface area contributed by atoms with Gasteiger partial charge in [-0.1, -0.05) is 0 Å². The topological polar surface area (TPSA) is 23.6 Å². The zero-order valence-corrected chi connectivity index (χ0v) is 10.5. The number of thioether (sulfide) groups is 1. The number of carbonyl (C=O) groups excluding carboxylic acids is 1. The quantitative estimate of drug-likeness (QED) is 0.694. The van der Waals surface area contributed by atoms with Crippen molar-refractivity contribution in [2.24, 2.45) is 0 Å². The Morgan fingerprint density at radius 1 is 1.50 bits per heavy atom. The highest BCUT2D eigenvalue weighted by Gasteiger charge is 2.36. The van der Waals surface area contributed by atoms with E-state index in [1.54, 1.807) is 11.8 Å². The van der Waals surface area contributed by atoms with E-state index in [2.05, 4.69) is 31.9 Å². The Morgan fingerprint density at radius 2 is 2.07 bits per heavy atom. The molecular weight excluding hydrogens is 196 g/mol. The molecule has 1 rings (SSSR count). The molecule has 0 saturated carbocycles. The maximum absolute atomic E-state index is 11.6. The standard InChI is InChI=1S/C10H20N2OS/c1-8-6-11(4)9(13)7-12(8)10(2,3)14-5/h8H,6-7H2,1-5H3. The fraction of sp³-hybridized carbons (Fsp3) is 0.900. The summed E-state index contributed by atoms with van der Waals surface area (Å²) < 4.78 is 0. The Hall–Kier alpha value is -0.220. The number of amides is 1. The van der Waals surface area contributed by atoms with Gasteiger partial charge in [-0.15, -0.1) is 11.8 Å². The number of hydrogen-bond acceptors (Lipinski definition) is 3. The molecule has 1 aliphatic heterocycles. The molecule has 14 heavy (non-hydrogen) atoms. The second-order valence-corrected chi connectivity index (χ2v) is 5.81. The van der Waals surface area contributed by atoms with E-state index in [9.17, 15) is 4.79 Å². The molecule has 0 radical (unpaired) electrons. The third-order valence-corrected chi connectivity index (χ3v) is 4.23. The summed E-state index contributed by atoms with van der Waals surface area (Å²) in [5.41, 5.74) is 0. The minimum atomic E-state index is 0.0519. The lowest BCUT2D eigenvalue weighted by molar-refractivity contribution is -0.138. The van der Waals surface area contributed by atoms with Gasteiger partial charge in [-0.25, -0.2) is 0 Å². The van der Waals surface area contributed by atoms with Crippen LogP contribution in [-0.4, -0.2) is 53.0 Å². The molecule has 0 bridgehead atoms. The number of carbonyl (C=O) groups is 1. The minimum absolute atomic E-state index is 0.0519. The van der Waals surface area contributed by atoms with E-state index < -0.39 is 0 Å². The van der Waals surface area contributed by atoms with Gasteiger partial charge in [-0.2, -0.15) is 0 Å². The smallest absolute Gasteiger partial charge is 0.236 e. The molecule has 0 aliphatic carbocycles. The third kappa shape index (κ3) is 2.23. The molecule has 0 aromatic carbocycles. The van der Waals surface area contributed by atoms with Gasteiger partial charge < -0.3 is 4.90 Å². The van der Waals surface area contributed by atoms with Crippen molar-refractivity contribution >= 4 is 17.7 Å². The third-order valence-electron chi connectivity index (χ3n) is 2.99. The van der Waals surface area contributed by atoms with Crippen LogP contribution in [0.25, 0.3) is 0 Å². The zero-order valence-electron chi connectivity index (χ0n) is 9.70. The lowest BCUT2D eigenvalue weighted by atomic mass is 10.1. The maximum Gasteiger partial charge on any atom is 0.236 e. The first-order valence-electron chi connectivity index (χ1n) is 4.94. The Labute approximate surface area is 90.8 Å². The summed E-state index contributed by atoms with van der Waals surface area (Å²) in [6, 6.07) is 0.445. The van der Waals surface area contributed by atoms with E-state index in [0.29, 0.717) is 12.6 Å². The van der Waals surface area contributed by atoms with Gasteiger partial charge in [0.1, 0.15) is 0 Å². The molecule has 0 N–H and O–H groups in total. The van der Waals surface area contributed by atoms with Crippen LogP contribution in [0.15, 0.2) is 0 Å². The average Bonchev–Trinajstić information content (AvgIpc) is 2.11. The van der Waals surface area contributed by atoms with Crippen molar-refractivity contribution in [1.82, 2.24) is 9.80 Å². The Bertz CT molecular complexity index is 230. The van der Waals surface area contributed by atoms with Gasteiger partial charge in [0.25, 0.3) is 0 Å². The highest BCUT2D eigenvalue weighted by atomic mass is 32.2. The number of rotatable bonds is 2. The first-order chi connectivity index (χ1) is 6.38. The van der Waals surface area contributed by atoms with Gasteiger partial charge in [0.05, 0.1) is 11.4 Å². The van der Waals surface area contributed by atoms with Crippen molar-refractivity contribution in [3.05, 3.63) is 0 Å². The summed E-state index contributed by atoms with van der Waals surface area (Å²) in [6.07, 6.45) is 2.09. The first-order valence-corrected chi connectivity index (χ1v) is 6.17. The van der Waals surface area contributed by atoms with Gasteiger partial charge in [-0.05, 0) is 27.0 Å². The molecule has 82 valence electrons. The maximum atomic E-state index is 11.6. The predicted octanol–water partition coefficient (Wildman–Crippen LogP) is 1.25. The van der Waals surface area contributed by atoms with Crippen molar-refractivity contribution in [2.75, 3.05) is 26.4 Å². The summed E-state index contributed by atoms with van der Waals surface area (Å²) >= 11 is 1.80. The van der Waals surface area contributed by atoms with Crippen molar-refractivity contribution < 1.29 is 4.79 Å². The number of piperazine rings is 1. The Morgan fingerprint density at radius 3 is 2.57 bits per heavy atom. The van der Waals surface area contributed by atoms with E-state index in [4.69, 9.17) is 0 Å². The number of nitrogens with zero attached hydrogens (tertiary/aromatic N) is 2. The highest BCUT2D eigenvalue weighted by molar-refractivity contribution is 7.99. The molecule has 0 aromatic heterocycles. The van der Waals surface area contributed by atoms with Gasteiger partial charge in [0.2, 0.25) is 5.91 Å². The van der Waals surface area contributed by atoms with Crippen molar-refractivity contribution in [3.8, 4) is 0 Å². The molecule has 3 nitrogen and oxygen atoms in total. The highest BCUT2D eigenvalue weighted by Crippen LogP contribution is 2.29. The molecule has 1 atom stereocenters. The van der Waals surface area contributed by atoms with E-state index in [-0.39, 0.29) is 10.8 Å². The monoisotopic (exact) mass is 216 g/mol. The van der Waals surface area contributed by atoms with Gasteiger partial charge in [-0.3, -0.25) is 9.69 Å². The molecule has 1 saturated heterocycles. The van der Waals surface area contributed by atoms with E-state index in [1.807, 2.05) is 11.9 Å². The average molecular weight is 216 g/mol.